The Balaban J connectivity index is 1.92. The molecule has 0 aliphatic carbocycles. The lowest BCUT2D eigenvalue weighted by molar-refractivity contribution is 0.0905. The summed E-state index contributed by atoms with van der Waals surface area (Å²) in [7, 11) is 0. The third-order valence-electron chi connectivity index (χ3n) is 2.95. The molecule has 0 atom stereocenters. The number of nitrogens with zero attached hydrogens (tertiary/aromatic N) is 2. The molecule has 90 valence electrons. The van der Waals surface area contributed by atoms with Gasteiger partial charge in [0.1, 0.15) is 11.0 Å². The third kappa shape index (κ3) is 2.22. The summed E-state index contributed by atoms with van der Waals surface area (Å²) in [5, 5.41) is 4.18. The number of halogens is 1. The van der Waals surface area contributed by atoms with E-state index in [0.29, 0.717) is 11.1 Å². The second kappa shape index (κ2) is 4.76. The molecule has 0 amide bonds. The molecule has 0 bridgehead atoms. The zero-order valence-corrected chi connectivity index (χ0v) is 10.7. The van der Waals surface area contributed by atoms with Crippen LogP contribution in [0.25, 0.3) is 11.0 Å². The van der Waals surface area contributed by atoms with Crippen molar-refractivity contribution in [3.8, 4) is 0 Å². The summed E-state index contributed by atoms with van der Waals surface area (Å²) in [6.45, 7) is 1.61. The van der Waals surface area contributed by atoms with E-state index in [9.17, 15) is 0 Å². The zero-order valence-electron chi connectivity index (χ0n) is 9.15. The molecule has 3 rings (SSSR count). The van der Waals surface area contributed by atoms with Gasteiger partial charge >= 0.3 is 0 Å². The van der Waals surface area contributed by atoms with E-state index in [-0.39, 0.29) is 0 Å². The molecule has 0 radical (unpaired) electrons. The maximum atomic E-state index is 6.22. The van der Waals surface area contributed by atoms with Crippen LogP contribution in [0.15, 0.2) is 12.1 Å². The Morgan fingerprint density at radius 2 is 2.12 bits per heavy atom. The van der Waals surface area contributed by atoms with Crippen molar-refractivity contribution in [1.82, 2.24) is 8.75 Å². The van der Waals surface area contributed by atoms with Crippen LogP contribution in [0.4, 0.5) is 5.69 Å². The number of hydrogen-bond acceptors (Lipinski definition) is 5. The summed E-state index contributed by atoms with van der Waals surface area (Å²) in [5.74, 6) is 0. The van der Waals surface area contributed by atoms with E-state index in [1.807, 2.05) is 12.1 Å². The number of nitrogens with one attached hydrogen (secondary N) is 1. The second-order valence-electron chi connectivity index (χ2n) is 4.09. The molecule has 6 heteroatoms. The molecule has 0 saturated carbocycles. The van der Waals surface area contributed by atoms with Crippen molar-refractivity contribution >= 4 is 40.0 Å². The molecule has 1 aromatic carbocycles. The topological polar surface area (TPSA) is 47.0 Å². The van der Waals surface area contributed by atoms with Gasteiger partial charge in [-0.2, -0.15) is 8.75 Å². The fourth-order valence-electron chi connectivity index (χ4n) is 2.01. The van der Waals surface area contributed by atoms with E-state index in [2.05, 4.69) is 14.1 Å². The normalized spacial score (nSPS) is 17.5. The lowest BCUT2D eigenvalue weighted by Gasteiger charge is -2.24. The Morgan fingerprint density at radius 1 is 1.29 bits per heavy atom. The standard InChI is InChI=1S/C11H12ClN3OS/c12-8-1-2-9-11(15-17-14-9)10(8)13-7-3-5-16-6-4-7/h1-2,7,13H,3-6H2. The molecule has 1 saturated heterocycles. The lowest BCUT2D eigenvalue weighted by atomic mass is 10.1. The number of rotatable bonds is 2. The molecule has 17 heavy (non-hydrogen) atoms. The minimum Gasteiger partial charge on any atom is -0.381 e. The van der Waals surface area contributed by atoms with Crippen LogP contribution >= 0.6 is 23.3 Å². The SMILES string of the molecule is Clc1ccc2nsnc2c1NC1CCOCC1. The fourth-order valence-corrected chi connectivity index (χ4v) is 2.76. The Kier molecular flexibility index (Phi) is 3.13. The smallest absolute Gasteiger partial charge is 0.129 e. The Hall–Kier alpha value is -0.910. The van der Waals surface area contributed by atoms with Crippen molar-refractivity contribution in [2.24, 2.45) is 0 Å². The molecule has 0 unspecified atom stereocenters. The van der Waals surface area contributed by atoms with Gasteiger partial charge < -0.3 is 10.1 Å². The highest BCUT2D eigenvalue weighted by molar-refractivity contribution is 7.00. The van der Waals surface area contributed by atoms with Crippen LogP contribution in [-0.2, 0) is 4.74 Å². The van der Waals surface area contributed by atoms with Crippen LogP contribution in [0.5, 0.6) is 0 Å². The Labute approximate surface area is 108 Å². The monoisotopic (exact) mass is 269 g/mol. The molecule has 4 nitrogen and oxygen atoms in total. The van der Waals surface area contributed by atoms with Crippen LogP contribution in [0.3, 0.4) is 0 Å². The number of hydrogen-bond donors (Lipinski definition) is 1. The van der Waals surface area contributed by atoms with Gasteiger partial charge in [-0.15, -0.1) is 0 Å². The van der Waals surface area contributed by atoms with Crippen molar-refractivity contribution in [3.05, 3.63) is 17.2 Å². The van der Waals surface area contributed by atoms with Crippen LogP contribution in [0, 0.1) is 0 Å². The predicted molar refractivity (Wildman–Crippen MR) is 69.9 cm³/mol. The van der Waals surface area contributed by atoms with Gasteiger partial charge in [0.2, 0.25) is 0 Å². The predicted octanol–water partition coefficient (Wildman–Crippen LogP) is 2.94. The van der Waals surface area contributed by atoms with E-state index in [1.165, 1.54) is 11.7 Å². The summed E-state index contributed by atoms with van der Waals surface area (Å²) in [6.07, 6.45) is 2.01. The van der Waals surface area contributed by atoms with E-state index in [4.69, 9.17) is 16.3 Å². The van der Waals surface area contributed by atoms with Crippen molar-refractivity contribution in [2.75, 3.05) is 18.5 Å². The van der Waals surface area contributed by atoms with Gasteiger partial charge in [0.15, 0.2) is 0 Å². The summed E-state index contributed by atoms with van der Waals surface area (Å²) >= 11 is 7.44. The summed E-state index contributed by atoms with van der Waals surface area (Å²) in [4.78, 5) is 0. The van der Waals surface area contributed by atoms with Gasteiger partial charge in [-0.3, -0.25) is 0 Å². The van der Waals surface area contributed by atoms with E-state index in [0.717, 1.165) is 42.8 Å². The summed E-state index contributed by atoms with van der Waals surface area (Å²) < 4.78 is 13.9. The van der Waals surface area contributed by atoms with Crippen molar-refractivity contribution < 1.29 is 4.74 Å². The fraction of sp³-hybridized carbons (Fsp3) is 0.455. The molecule has 1 aromatic heterocycles. The number of aromatic nitrogens is 2. The van der Waals surface area contributed by atoms with Gasteiger partial charge in [-0.25, -0.2) is 0 Å². The number of fused-ring (bicyclic) bond motifs is 1. The molecule has 1 aliphatic heterocycles. The first kappa shape index (κ1) is 11.2. The van der Waals surface area contributed by atoms with E-state index < -0.39 is 0 Å². The molecule has 1 fully saturated rings. The summed E-state index contributed by atoms with van der Waals surface area (Å²) in [5.41, 5.74) is 2.67. The van der Waals surface area contributed by atoms with Crippen LogP contribution < -0.4 is 5.32 Å². The largest absolute Gasteiger partial charge is 0.381 e. The highest BCUT2D eigenvalue weighted by atomic mass is 35.5. The van der Waals surface area contributed by atoms with Gasteiger partial charge in [0.05, 0.1) is 22.4 Å². The van der Waals surface area contributed by atoms with Crippen LogP contribution in [0.1, 0.15) is 12.8 Å². The Bertz CT molecular complexity index is 524. The average molecular weight is 270 g/mol. The average Bonchev–Trinajstić information content (AvgIpc) is 2.83. The van der Waals surface area contributed by atoms with Gasteiger partial charge in [-0.1, -0.05) is 11.6 Å². The minimum absolute atomic E-state index is 0.411. The van der Waals surface area contributed by atoms with Gasteiger partial charge in [-0.05, 0) is 25.0 Å². The molecular weight excluding hydrogens is 258 g/mol. The molecule has 1 N–H and O–H groups in total. The first-order chi connectivity index (χ1) is 8.34. The van der Waals surface area contributed by atoms with Crippen molar-refractivity contribution in [3.63, 3.8) is 0 Å². The third-order valence-corrected chi connectivity index (χ3v) is 3.80. The van der Waals surface area contributed by atoms with Gasteiger partial charge in [0.25, 0.3) is 0 Å². The maximum Gasteiger partial charge on any atom is 0.129 e. The quantitative estimate of drug-likeness (QED) is 0.911. The summed E-state index contributed by atoms with van der Waals surface area (Å²) in [6, 6.07) is 4.18. The maximum absolute atomic E-state index is 6.22. The van der Waals surface area contributed by atoms with E-state index >= 15 is 0 Å². The number of ether oxygens (including phenoxy) is 1. The highest BCUT2D eigenvalue weighted by Crippen LogP contribution is 2.31. The molecular formula is C11H12ClN3OS. The molecule has 2 heterocycles. The van der Waals surface area contributed by atoms with Crippen molar-refractivity contribution in [1.29, 1.82) is 0 Å². The highest BCUT2D eigenvalue weighted by Gasteiger charge is 2.17. The Morgan fingerprint density at radius 3 is 2.94 bits per heavy atom. The molecule has 1 aliphatic rings. The minimum atomic E-state index is 0.411. The van der Waals surface area contributed by atoms with Gasteiger partial charge in [0, 0.05) is 19.3 Å². The van der Waals surface area contributed by atoms with Crippen LogP contribution in [-0.4, -0.2) is 28.0 Å². The first-order valence-electron chi connectivity index (χ1n) is 5.59. The van der Waals surface area contributed by atoms with Crippen molar-refractivity contribution in [2.45, 2.75) is 18.9 Å². The zero-order chi connectivity index (χ0) is 11.7. The van der Waals surface area contributed by atoms with E-state index in [1.54, 1.807) is 0 Å². The molecule has 2 aromatic rings. The lowest BCUT2D eigenvalue weighted by Crippen LogP contribution is -2.28. The molecule has 0 spiro atoms. The van der Waals surface area contributed by atoms with Crippen LogP contribution in [0.2, 0.25) is 5.02 Å². The number of benzene rings is 1. The second-order valence-corrected chi connectivity index (χ2v) is 5.02. The first-order valence-corrected chi connectivity index (χ1v) is 6.70. The number of anilines is 1.